The molecule has 1 heterocycles. The molecule has 0 spiro atoms. The van der Waals surface area contributed by atoms with Crippen molar-refractivity contribution >= 4 is 21.9 Å². The molecule has 0 radical (unpaired) electrons. The van der Waals surface area contributed by atoms with E-state index in [4.69, 9.17) is 4.74 Å². The first-order valence-electron chi connectivity index (χ1n) is 10.9. The van der Waals surface area contributed by atoms with E-state index >= 15 is 0 Å². The topological polar surface area (TPSA) is 92.8 Å². The molecule has 1 amide bonds. The van der Waals surface area contributed by atoms with Crippen LogP contribution in [-0.4, -0.2) is 50.3 Å². The second-order valence-corrected chi connectivity index (χ2v) is 10.4. The molecule has 1 N–H and O–H groups in total. The fourth-order valence-corrected chi connectivity index (χ4v) is 5.78. The molecule has 3 atom stereocenters. The van der Waals surface area contributed by atoms with Crippen molar-refractivity contribution in [2.75, 3.05) is 19.7 Å². The molecule has 7 nitrogen and oxygen atoms in total. The van der Waals surface area contributed by atoms with E-state index in [1.807, 2.05) is 0 Å². The molecule has 166 valence electrons. The molecule has 0 aromatic heterocycles. The van der Waals surface area contributed by atoms with Gasteiger partial charge in [0.25, 0.3) is 5.91 Å². The summed E-state index contributed by atoms with van der Waals surface area (Å²) in [4.78, 5) is 24.6. The average Bonchev–Trinajstić information content (AvgIpc) is 2.76. The van der Waals surface area contributed by atoms with Crippen LogP contribution in [0.25, 0.3) is 0 Å². The van der Waals surface area contributed by atoms with Crippen LogP contribution in [0.1, 0.15) is 62.7 Å². The summed E-state index contributed by atoms with van der Waals surface area (Å²) in [5.74, 6) is 0.00913. The van der Waals surface area contributed by atoms with E-state index in [0.717, 1.165) is 32.1 Å². The van der Waals surface area contributed by atoms with Gasteiger partial charge in [0.05, 0.1) is 10.5 Å². The van der Waals surface area contributed by atoms with Gasteiger partial charge in [0.2, 0.25) is 10.0 Å². The molecule has 0 unspecified atom stereocenters. The van der Waals surface area contributed by atoms with E-state index in [1.165, 1.54) is 35.0 Å². The summed E-state index contributed by atoms with van der Waals surface area (Å²) >= 11 is 0. The maximum absolute atomic E-state index is 12.7. The Morgan fingerprint density at radius 1 is 1.03 bits per heavy atom. The predicted molar refractivity (Wildman–Crippen MR) is 113 cm³/mol. The summed E-state index contributed by atoms with van der Waals surface area (Å²) in [5, 5.41) is 2.97. The third-order valence-corrected chi connectivity index (χ3v) is 8.34. The summed E-state index contributed by atoms with van der Waals surface area (Å²) in [5.41, 5.74) is 0.222. The van der Waals surface area contributed by atoms with Crippen LogP contribution >= 0.6 is 0 Å². The van der Waals surface area contributed by atoms with Crippen molar-refractivity contribution in [2.24, 2.45) is 11.8 Å². The summed E-state index contributed by atoms with van der Waals surface area (Å²) < 4.78 is 32.0. The maximum Gasteiger partial charge on any atom is 0.338 e. The van der Waals surface area contributed by atoms with Gasteiger partial charge in [0, 0.05) is 19.1 Å². The fourth-order valence-electron chi connectivity index (χ4n) is 4.27. The molecule has 1 saturated heterocycles. The Bertz CT molecular complexity index is 847. The molecule has 30 heavy (non-hydrogen) atoms. The number of hydrogen-bond acceptors (Lipinski definition) is 5. The maximum atomic E-state index is 12.7. The lowest BCUT2D eigenvalue weighted by molar-refractivity contribution is -0.125. The summed E-state index contributed by atoms with van der Waals surface area (Å²) in [6.45, 7) is 5.04. The number of esters is 1. The normalized spacial score (nSPS) is 25.5. The van der Waals surface area contributed by atoms with Gasteiger partial charge in [-0.15, -0.1) is 0 Å². The van der Waals surface area contributed by atoms with Gasteiger partial charge in [-0.1, -0.05) is 33.1 Å². The van der Waals surface area contributed by atoms with Crippen molar-refractivity contribution < 1.29 is 22.7 Å². The number of ether oxygens (including phenoxy) is 1. The standard InChI is InChI=1S/C22H32N2O5S/c1-16-7-6-8-20(17(16)2)23-21(25)15-29-22(26)18-9-11-19(12-10-18)30(27,28)24-13-4-3-5-14-24/h9-12,16-17,20H,3-8,13-15H2,1-2H3,(H,23,25)/t16-,17-,20+/m1/s1. The Morgan fingerprint density at radius 2 is 1.70 bits per heavy atom. The van der Waals surface area contributed by atoms with Gasteiger partial charge < -0.3 is 10.1 Å². The summed E-state index contributed by atoms with van der Waals surface area (Å²) in [7, 11) is -3.54. The lowest BCUT2D eigenvalue weighted by Gasteiger charge is -2.34. The number of piperidine rings is 1. The number of nitrogens with one attached hydrogen (secondary N) is 1. The minimum Gasteiger partial charge on any atom is -0.452 e. The van der Waals surface area contributed by atoms with Crippen LogP contribution in [0.3, 0.4) is 0 Å². The van der Waals surface area contributed by atoms with Gasteiger partial charge >= 0.3 is 5.97 Å². The molecular weight excluding hydrogens is 404 g/mol. The first kappa shape index (κ1) is 22.7. The molecule has 1 aliphatic carbocycles. The van der Waals surface area contributed by atoms with Crippen molar-refractivity contribution in [2.45, 2.75) is 63.3 Å². The molecule has 1 aliphatic heterocycles. The number of nitrogens with zero attached hydrogens (tertiary/aromatic N) is 1. The van der Waals surface area contributed by atoms with Crippen LogP contribution in [0.2, 0.25) is 0 Å². The molecular formula is C22H32N2O5S. The van der Waals surface area contributed by atoms with Crippen LogP contribution in [-0.2, 0) is 19.6 Å². The van der Waals surface area contributed by atoms with Crippen molar-refractivity contribution in [1.82, 2.24) is 9.62 Å². The van der Waals surface area contributed by atoms with E-state index in [2.05, 4.69) is 19.2 Å². The number of carbonyl (C=O) groups excluding carboxylic acids is 2. The van der Waals surface area contributed by atoms with E-state index < -0.39 is 16.0 Å². The number of rotatable bonds is 6. The Kier molecular flexibility index (Phi) is 7.52. The quantitative estimate of drug-likeness (QED) is 0.692. The number of sulfonamides is 1. The first-order chi connectivity index (χ1) is 14.3. The van der Waals surface area contributed by atoms with Gasteiger partial charge in [-0.05, 0) is 55.4 Å². The highest BCUT2D eigenvalue weighted by Crippen LogP contribution is 2.29. The second kappa shape index (κ2) is 9.92. The van der Waals surface area contributed by atoms with Crippen molar-refractivity contribution in [3.63, 3.8) is 0 Å². The SMILES string of the molecule is C[C@@H]1[C@H](C)CCC[C@@H]1NC(=O)COC(=O)c1ccc(S(=O)(=O)N2CCCCC2)cc1. The average molecular weight is 437 g/mol. The fraction of sp³-hybridized carbons (Fsp3) is 0.636. The minimum absolute atomic E-state index is 0.110. The molecule has 1 saturated carbocycles. The van der Waals surface area contributed by atoms with E-state index in [-0.39, 0.29) is 29.0 Å². The molecule has 1 aromatic rings. The van der Waals surface area contributed by atoms with Crippen LogP contribution < -0.4 is 5.32 Å². The van der Waals surface area contributed by atoms with Crippen LogP contribution in [0.4, 0.5) is 0 Å². The summed E-state index contributed by atoms with van der Waals surface area (Å²) in [6, 6.07) is 5.82. The lowest BCUT2D eigenvalue weighted by Crippen LogP contribution is -2.45. The molecule has 2 aliphatic rings. The highest BCUT2D eigenvalue weighted by Gasteiger charge is 2.29. The Hall–Kier alpha value is -1.93. The van der Waals surface area contributed by atoms with Crippen LogP contribution in [0.5, 0.6) is 0 Å². The monoisotopic (exact) mass is 436 g/mol. The second-order valence-electron chi connectivity index (χ2n) is 8.51. The first-order valence-corrected chi connectivity index (χ1v) is 12.3. The number of amides is 1. The van der Waals surface area contributed by atoms with Gasteiger partial charge in [-0.3, -0.25) is 4.79 Å². The molecule has 3 rings (SSSR count). The minimum atomic E-state index is -3.54. The highest BCUT2D eigenvalue weighted by atomic mass is 32.2. The number of carbonyl (C=O) groups is 2. The van der Waals surface area contributed by atoms with Gasteiger partial charge in [-0.25, -0.2) is 13.2 Å². The molecule has 2 fully saturated rings. The Balaban J connectivity index is 1.52. The van der Waals surface area contributed by atoms with Gasteiger partial charge in [-0.2, -0.15) is 4.31 Å². The zero-order valence-corrected chi connectivity index (χ0v) is 18.6. The molecule has 8 heteroatoms. The Morgan fingerprint density at radius 3 is 2.37 bits per heavy atom. The smallest absolute Gasteiger partial charge is 0.338 e. The lowest BCUT2D eigenvalue weighted by atomic mass is 9.78. The number of benzene rings is 1. The van der Waals surface area contributed by atoms with Gasteiger partial charge in [0.15, 0.2) is 6.61 Å². The van der Waals surface area contributed by atoms with Gasteiger partial charge in [0.1, 0.15) is 0 Å². The summed E-state index contributed by atoms with van der Waals surface area (Å²) in [6.07, 6.45) is 5.98. The zero-order chi connectivity index (χ0) is 21.7. The third-order valence-electron chi connectivity index (χ3n) is 6.43. The zero-order valence-electron chi connectivity index (χ0n) is 17.8. The van der Waals surface area contributed by atoms with Crippen molar-refractivity contribution in [1.29, 1.82) is 0 Å². The third kappa shape index (κ3) is 5.40. The predicted octanol–water partition coefficient (Wildman–Crippen LogP) is 2.96. The van der Waals surface area contributed by atoms with Crippen LogP contribution in [0, 0.1) is 11.8 Å². The van der Waals surface area contributed by atoms with E-state index in [9.17, 15) is 18.0 Å². The highest BCUT2D eigenvalue weighted by molar-refractivity contribution is 7.89. The van der Waals surface area contributed by atoms with Crippen molar-refractivity contribution in [3.05, 3.63) is 29.8 Å². The largest absolute Gasteiger partial charge is 0.452 e. The molecule has 0 bridgehead atoms. The Labute approximate surface area is 179 Å². The van der Waals surface area contributed by atoms with E-state index in [0.29, 0.717) is 24.9 Å². The van der Waals surface area contributed by atoms with E-state index in [1.54, 1.807) is 0 Å². The number of hydrogen-bond donors (Lipinski definition) is 1. The van der Waals surface area contributed by atoms with Crippen LogP contribution in [0.15, 0.2) is 29.2 Å². The molecule has 1 aromatic carbocycles. The van der Waals surface area contributed by atoms with Crippen molar-refractivity contribution in [3.8, 4) is 0 Å².